The fourth-order valence-electron chi connectivity index (χ4n) is 2.79. The molecule has 0 saturated heterocycles. The Labute approximate surface area is 179 Å². The highest BCUT2D eigenvalue weighted by atomic mass is 32.2. The Kier molecular flexibility index (Phi) is 7.24. The lowest BCUT2D eigenvalue weighted by atomic mass is 10.1. The van der Waals surface area contributed by atoms with E-state index >= 15 is 0 Å². The summed E-state index contributed by atoms with van der Waals surface area (Å²) in [6.07, 6.45) is 0. The number of hydrogen-bond acceptors (Lipinski definition) is 6. The van der Waals surface area contributed by atoms with E-state index in [1.54, 1.807) is 29.2 Å². The predicted octanol–water partition coefficient (Wildman–Crippen LogP) is 4.26. The third-order valence-electron chi connectivity index (χ3n) is 4.50. The summed E-state index contributed by atoms with van der Waals surface area (Å²) in [6, 6.07) is 14.7. The van der Waals surface area contributed by atoms with Crippen LogP contribution >= 0.6 is 11.8 Å². The Balaban J connectivity index is 1.52. The molecule has 1 heterocycles. The number of amides is 2. The van der Waals surface area contributed by atoms with Crippen LogP contribution in [0, 0.1) is 6.92 Å². The fourth-order valence-corrected chi connectivity index (χ4v) is 3.36. The van der Waals surface area contributed by atoms with Crippen molar-refractivity contribution in [3.63, 3.8) is 0 Å². The number of aromatic nitrogens is 2. The molecular weight excluding hydrogens is 400 g/mol. The first-order valence-corrected chi connectivity index (χ1v) is 10.7. The van der Waals surface area contributed by atoms with Crippen LogP contribution in [-0.2, 0) is 4.79 Å². The van der Waals surface area contributed by atoms with Gasteiger partial charge in [-0.3, -0.25) is 9.59 Å². The van der Waals surface area contributed by atoms with E-state index in [0.29, 0.717) is 35.5 Å². The number of aryl methyl sites for hydroxylation is 1. The predicted molar refractivity (Wildman–Crippen MR) is 118 cm³/mol. The Hall–Kier alpha value is -3.13. The second kappa shape index (κ2) is 10.1. The first kappa shape index (κ1) is 21.6. The maximum absolute atomic E-state index is 12.3. The van der Waals surface area contributed by atoms with E-state index in [1.807, 2.05) is 45.0 Å². The quantitative estimate of drug-likeness (QED) is 0.544. The lowest BCUT2D eigenvalue weighted by Crippen LogP contribution is -2.30. The van der Waals surface area contributed by atoms with Crippen LogP contribution in [0.2, 0.25) is 0 Å². The number of nitrogens with one attached hydrogen (secondary N) is 1. The summed E-state index contributed by atoms with van der Waals surface area (Å²) in [6.45, 7) is 7.22. The third-order valence-corrected chi connectivity index (χ3v) is 5.32. The van der Waals surface area contributed by atoms with Crippen molar-refractivity contribution in [1.29, 1.82) is 0 Å². The van der Waals surface area contributed by atoms with Crippen LogP contribution in [0.3, 0.4) is 0 Å². The van der Waals surface area contributed by atoms with Crippen LogP contribution in [0.5, 0.6) is 0 Å². The first-order chi connectivity index (χ1) is 14.5. The van der Waals surface area contributed by atoms with Crippen molar-refractivity contribution in [3.8, 4) is 11.5 Å². The largest absolute Gasteiger partial charge is 0.411 e. The molecule has 0 spiro atoms. The van der Waals surface area contributed by atoms with Gasteiger partial charge in [0.25, 0.3) is 11.1 Å². The molecule has 30 heavy (non-hydrogen) atoms. The smallest absolute Gasteiger partial charge is 0.277 e. The summed E-state index contributed by atoms with van der Waals surface area (Å²) in [7, 11) is 0. The van der Waals surface area contributed by atoms with Crippen LogP contribution in [0.4, 0.5) is 5.69 Å². The highest BCUT2D eigenvalue weighted by Crippen LogP contribution is 2.23. The van der Waals surface area contributed by atoms with E-state index in [-0.39, 0.29) is 17.6 Å². The zero-order chi connectivity index (χ0) is 21.5. The molecule has 0 fully saturated rings. The maximum atomic E-state index is 12.3. The van der Waals surface area contributed by atoms with Crippen molar-refractivity contribution in [3.05, 3.63) is 59.7 Å². The molecule has 3 aromatic rings. The van der Waals surface area contributed by atoms with E-state index in [0.717, 1.165) is 11.1 Å². The molecule has 0 aliphatic carbocycles. The number of rotatable bonds is 8. The Morgan fingerprint density at radius 3 is 2.30 bits per heavy atom. The SMILES string of the molecule is CCN(CC)C(=O)c1ccc(NC(=O)CSc2nnc(-c3ccc(C)cc3)o2)cc1. The summed E-state index contributed by atoms with van der Waals surface area (Å²) >= 11 is 1.17. The van der Waals surface area contributed by atoms with Crippen LogP contribution in [0.1, 0.15) is 29.8 Å². The lowest BCUT2D eigenvalue weighted by Gasteiger charge is -2.18. The highest BCUT2D eigenvalue weighted by molar-refractivity contribution is 7.99. The molecule has 8 heteroatoms. The second-order valence-corrected chi connectivity index (χ2v) is 7.56. The second-order valence-electron chi connectivity index (χ2n) is 6.63. The van der Waals surface area contributed by atoms with Gasteiger partial charge in [0, 0.05) is 29.9 Å². The van der Waals surface area contributed by atoms with Crippen LogP contribution in [0.15, 0.2) is 58.2 Å². The van der Waals surface area contributed by atoms with E-state index in [9.17, 15) is 9.59 Å². The monoisotopic (exact) mass is 424 g/mol. The standard InChI is InChI=1S/C22H24N4O3S/c1-4-26(5-2)21(28)17-10-12-18(13-11-17)23-19(27)14-30-22-25-24-20(29-22)16-8-6-15(3)7-9-16/h6-13H,4-5,14H2,1-3H3,(H,23,27). The first-order valence-electron chi connectivity index (χ1n) is 9.72. The molecule has 2 aromatic carbocycles. The van der Waals surface area contributed by atoms with E-state index in [4.69, 9.17) is 4.42 Å². The van der Waals surface area contributed by atoms with Crippen molar-refractivity contribution in [1.82, 2.24) is 15.1 Å². The molecule has 0 radical (unpaired) electrons. The van der Waals surface area contributed by atoms with Crippen molar-refractivity contribution in [2.24, 2.45) is 0 Å². The minimum Gasteiger partial charge on any atom is -0.411 e. The molecule has 1 N–H and O–H groups in total. The summed E-state index contributed by atoms with van der Waals surface area (Å²) in [5.74, 6) is 0.342. The number of hydrogen-bond donors (Lipinski definition) is 1. The molecule has 0 atom stereocenters. The van der Waals surface area contributed by atoms with Gasteiger partial charge in [0.2, 0.25) is 11.8 Å². The van der Waals surface area contributed by atoms with E-state index in [2.05, 4.69) is 15.5 Å². The van der Waals surface area contributed by atoms with Crippen molar-refractivity contribution in [2.75, 3.05) is 24.2 Å². The topological polar surface area (TPSA) is 88.3 Å². The zero-order valence-electron chi connectivity index (χ0n) is 17.2. The molecule has 2 amide bonds. The van der Waals surface area contributed by atoms with Gasteiger partial charge in [-0.25, -0.2) is 0 Å². The number of carbonyl (C=O) groups is 2. The number of benzene rings is 2. The number of nitrogens with zero attached hydrogens (tertiary/aromatic N) is 3. The summed E-state index contributed by atoms with van der Waals surface area (Å²) < 4.78 is 5.61. The summed E-state index contributed by atoms with van der Waals surface area (Å²) in [5.41, 5.74) is 3.21. The van der Waals surface area contributed by atoms with Gasteiger partial charge in [-0.1, -0.05) is 29.5 Å². The van der Waals surface area contributed by atoms with Crippen molar-refractivity contribution in [2.45, 2.75) is 26.0 Å². The van der Waals surface area contributed by atoms with Gasteiger partial charge < -0.3 is 14.6 Å². The minimum atomic E-state index is -0.196. The van der Waals surface area contributed by atoms with Crippen LogP contribution < -0.4 is 5.32 Å². The van der Waals surface area contributed by atoms with Crippen LogP contribution in [-0.4, -0.2) is 45.8 Å². The van der Waals surface area contributed by atoms with Gasteiger partial charge >= 0.3 is 0 Å². The average Bonchev–Trinajstić information content (AvgIpc) is 3.23. The average molecular weight is 425 g/mol. The molecule has 156 valence electrons. The van der Waals surface area contributed by atoms with Crippen molar-refractivity contribution < 1.29 is 14.0 Å². The lowest BCUT2D eigenvalue weighted by molar-refractivity contribution is -0.113. The maximum Gasteiger partial charge on any atom is 0.277 e. The summed E-state index contributed by atoms with van der Waals surface area (Å²) in [5, 5.41) is 11.1. The number of anilines is 1. The molecule has 1 aromatic heterocycles. The Bertz CT molecular complexity index is 996. The normalized spacial score (nSPS) is 10.6. The van der Waals surface area contributed by atoms with Gasteiger partial charge in [0.05, 0.1) is 5.75 Å². The number of thioether (sulfide) groups is 1. The minimum absolute atomic E-state index is 0.0193. The third kappa shape index (κ3) is 5.48. The van der Waals surface area contributed by atoms with Gasteiger partial charge in [0.1, 0.15) is 0 Å². The molecule has 3 rings (SSSR count). The molecule has 7 nitrogen and oxygen atoms in total. The van der Waals surface area contributed by atoms with E-state index < -0.39 is 0 Å². The van der Waals surface area contributed by atoms with Gasteiger partial charge in [0.15, 0.2) is 0 Å². The Morgan fingerprint density at radius 2 is 1.67 bits per heavy atom. The molecule has 0 saturated carbocycles. The molecule has 0 unspecified atom stereocenters. The highest BCUT2D eigenvalue weighted by Gasteiger charge is 2.14. The fraction of sp³-hybridized carbons (Fsp3) is 0.273. The van der Waals surface area contributed by atoms with Gasteiger partial charge in [-0.05, 0) is 57.2 Å². The molecular formula is C22H24N4O3S. The zero-order valence-corrected chi connectivity index (χ0v) is 18.0. The molecule has 0 aliphatic heterocycles. The number of carbonyl (C=O) groups excluding carboxylic acids is 2. The molecule has 0 aliphatic rings. The van der Waals surface area contributed by atoms with Gasteiger partial charge in [-0.15, -0.1) is 10.2 Å². The van der Waals surface area contributed by atoms with Crippen LogP contribution in [0.25, 0.3) is 11.5 Å². The summed E-state index contributed by atoms with van der Waals surface area (Å²) in [4.78, 5) is 26.3. The van der Waals surface area contributed by atoms with Crippen molar-refractivity contribution >= 4 is 29.3 Å². The Morgan fingerprint density at radius 1 is 1.00 bits per heavy atom. The van der Waals surface area contributed by atoms with Gasteiger partial charge in [-0.2, -0.15) is 0 Å². The molecule has 0 bridgehead atoms. The van der Waals surface area contributed by atoms with E-state index in [1.165, 1.54) is 11.8 Å².